The number of nitrogens with zero attached hydrogens (tertiary/aromatic N) is 1. The largest absolute Gasteiger partial charge is 0.484 e. The summed E-state index contributed by atoms with van der Waals surface area (Å²) in [5.74, 6) is 1.21. The number of ether oxygens (including phenoxy) is 1. The third-order valence-electron chi connectivity index (χ3n) is 10.9. The van der Waals surface area contributed by atoms with E-state index in [0.29, 0.717) is 0 Å². The zero-order chi connectivity index (χ0) is 33.9. The van der Waals surface area contributed by atoms with Gasteiger partial charge in [-0.1, -0.05) is 109 Å². The maximum atomic E-state index is 6.67. The van der Waals surface area contributed by atoms with Gasteiger partial charge in [-0.05, 0) is 101 Å². The van der Waals surface area contributed by atoms with Gasteiger partial charge in [-0.3, -0.25) is 0 Å². The van der Waals surface area contributed by atoms with E-state index in [2.05, 4.69) is 157 Å². The molecule has 246 valence electrons. The Morgan fingerprint density at radius 1 is 0.667 bits per heavy atom. The number of hydrogen-bond acceptors (Lipinski definition) is 3. The van der Waals surface area contributed by atoms with Gasteiger partial charge < -0.3 is 14.1 Å². The van der Waals surface area contributed by atoms with Gasteiger partial charge in [0.15, 0.2) is 0 Å². The molecule has 0 saturated carbocycles. The minimum atomic E-state index is -0.408. The molecule has 2 heterocycles. The lowest BCUT2D eigenvalue weighted by Crippen LogP contribution is -2.28. The van der Waals surface area contributed by atoms with Crippen LogP contribution in [0.2, 0.25) is 6.55 Å². The third kappa shape index (κ3) is 5.09. The highest BCUT2D eigenvalue weighted by Gasteiger charge is 2.38. The summed E-state index contributed by atoms with van der Waals surface area (Å²) < 4.78 is 12.9. The van der Waals surface area contributed by atoms with E-state index in [4.69, 9.17) is 9.15 Å². The Morgan fingerprint density at radius 2 is 1.47 bits per heavy atom. The standard InChI is InChI=1S/C47H37NO2Si/c1-51-45-26-24-40-38-13-4-7-16-43(38)50-47(40)46(45)31-19-21-35(22-20-31)48(37-23-25-44-41(29-37)39-14-5-6-15-42(39)49-44)36-12-8-11-33(28-36)34-18-17-30-9-2-3-10-32(30)27-34/h3-8,10-29,46-47H,2,9,51H2,1H3. The zero-order valence-corrected chi connectivity index (χ0v) is 30.0. The minimum Gasteiger partial charge on any atom is -0.484 e. The second-order valence-corrected chi connectivity index (χ2v) is 15.4. The molecule has 0 spiro atoms. The van der Waals surface area contributed by atoms with E-state index in [1.54, 1.807) is 0 Å². The lowest BCUT2D eigenvalue weighted by atomic mass is 9.83. The number of fused-ring (bicyclic) bond motifs is 7. The molecule has 2 aliphatic carbocycles. The Hall–Kier alpha value is -5.84. The molecule has 3 nitrogen and oxygen atoms in total. The number of benzene rings is 6. The number of hydrogen-bond donors (Lipinski definition) is 0. The zero-order valence-electron chi connectivity index (χ0n) is 28.6. The van der Waals surface area contributed by atoms with E-state index in [1.807, 2.05) is 12.1 Å². The van der Waals surface area contributed by atoms with Crippen LogP contribution in [0, 0.1) is 0 Å². The number of allylic oxidation sites excluding steroid dienone is 3. The predicted octanol–water partition coefficient (Wildman–Crippen LogP) is 11.7. The van der Waals surface area contributed by atoms with E-state index < -0.39 is 9.52 Å². The van der Waals surface area contributed by atoms with Gasteiger partial charge in [0, 0.05) is 54.4 Å². The number of para-hydroxylation sites is 2. The van der Waals surface area contributed by atoms with Gasteiger partial charge >= 0.3 is 0 Å². The van der Waals surface area contributed by atoms with Gasteiger partial charge in [0.2, 0.25) is 0 Å². The van der Waals surface area contributed by atoms with Crippen LogP contribution >= 0.6 is 0 Å². The summed E-state index contributed by atoms with van der Waals surface area (Å²) in [6, 6.07) is 48.4. The number of anilines is 3. The first-order valence-electron chi connectivity index (χ1n) is 18.1. The number of aryl methyl sites for hydroxylation is 1. The average Bonchev–Trinajstić information content (AvgIpc) is 3.76. The van der Waals surface area contributed by atoms with Crippen LogP contribution in [0.25, 0.3) is 44.7 Å². The summed E-state index contributed by atoms with van der Waals surface area (Å²) in [4.78, 5) is 2.38. The highest BCUT2D eigenvalue weighted by Crippen LogP contribution is 2.48. The molecule has 1 aromatic heterocycles. The SMILES string of the molecule is C[SiH2]C1=CC=C2c3ccccc3OC2C1c1ccc(N(c2cccc(-c3ccc4c(c3)C=CCC4)c2)c2ccc3oc4ccccc4c3c2)cc1. The molecule has 2 unspecified atom stereocenters. The lowest BCUT2D eigenvalue weighted by Gasteiger charge is -2.31. The molecule has 7 aromatic rings. The van der Waals surface area contributed by atoms with Crippen molar-refractivity contribution in [1.82, 2.24) is 0 Å². The predicted molar refractivity (Wildman–Crippen MR) is 215 cm³/mol. The van der Waals surface area contributed by atoms with Gasteiger partial charge in [0.05, 0.1) is 0 Å². The van der Waals surface area contributed by atoms with Gasteiger partial charge in [-0.2, -0.15) is 0 Å². The van der Waals surface area contributed by atoms with E-state index in [9.17, 15) is 0 Å². The Bertz CT molecular complexity index is 2570. The van der Waals surface area contributed by atoms with Crippen molar-refractivity contribution in [1.29, 1.82) is 0 Å². The smallest absolute Gasteiger partial charge is 0.135 e. The molecule has 3 aliphatic rings. The number of furan rings is 1. The maximum absolute atomic E-state index is 6.67. The molecule has 0 N–H and O–H groups in total. The fourth-order valence-electron chi connectivity index (χ4n) is 8.38. The summed E-state index contributed by atoms with van der Waals surface area (Å²) in [6.45, 7) is 2.39. The molecule has 0 fully saturated rings. The first-order valence-corrected chi connectivity index (χ1v) is 20.2. The Balaban J connectivity index is 1.08. The van der Waals surface area contributed by atoms with Crippen molar-refractivity contribution in [3.8, 4) is 16.9 Å². The molecule has 1 aliphatic heterocycles. The molecular weight excluding hydrogens is 639 g/mol. The summed E-state index contributed by atoms with van der Waals surface area (Å²) in [5, 5.41) is 3.78. The quantitative estimate of drug-likeness (QED) is 0.164. The average molecular weight is 676 g/mol. The summed E-state index contributed by atoms with van der Waals surface area (Å²) in [7, 11) is -0.408. The molecule has 0 amide bonds. The second kappa shape index (κ2) is 12.2. The van der Waals surface area contributed by atoms with Gasteiger partial charge in [-0.25, -0.2) is 0 Å². The molecular formula is C47H37NO2Si. The first-order chi connectivity index (χ1) is 25.2. The summed E-state index contributed by atoms with van der Waals surface area (Å²) >= 11 is 0. The fourth-order valence-corrected chi connectivity index (χ4v) is 9.62. The fraction of sp³-hybridized carbons (Fsp3) is 0.106. The van der Waals surface area contributed by atoms with E-state index in [-0.39, 0.29) is 12.0 Å². The van der Waals surface area contributed by atoms with Crippen LogP contribution in [0.4, 0.5) is 17.1 Å². The van der Waals surface area contributed by atoms with Gasteiger partial charge in [0.25, 0.3) is 0 Å². The van der Waals surface area contributed by atoms with Gasteiger partial charge in [-0.15, -0.1) is 0 Å². The van der Waals surface area contributed by atoms with Crippen molar-refractivity contribution in [3.05, 3.63) is 179 Å². The molecule has 10 rings (SSSR count). The number of rotatable bonds is 6. The van der Waals surface area contributed by atoms with Crippen molar-refractivity contribution in [3.63, 3.8) is 0 Å². The summed E-state index contributed by atoms with van der Waals surface area (Å²) in [5.41, 5.74) is 14.1. The minimum absolute atomic E-state index is 0.0109. The molecule has 0 saturated heterocycles. The second-order valence-electron chi connectivity index (χ2n) is 13.8. The van der Waals surface area contributed by atoms with Crippen molar-refractivity contribution < 1.29 is 9.15 Å². The van der Waals surface area contributed by atoms with E-state index in [1.165, 1.54) is 44.2 Å². The van der Waals surface area contributed by atoms with Crippen LogP contribution < -0.4 is 9.64 Å². The monoisotopic (exact) mass is 675 g/mol. The van der Waals surface area contributed by atoms with Crippen LogP contribution in [-0.2, 0) is 6.42 Å². The molecule has 0 bridgehead atoms. The van der Waals surface area contributed by atoms with Crippen molar-refractivity contribution in [2.24, 2.45) is 0 Å². The van der Waals surface area contributed by atoms with Crippen LogP contribution in [0.3, 0.4) is 0 Å². The van der Waals surface area contributed by atoms with Crippen molar-refractivity contribution in [2.75, 3.05) is 4.90 Å². The van der Waals surface area contributed by atoms with Gasteiger partial charge in [0.1, 0.15) is 23.0 Å². The van der Waals surface area contributed by atoms with Crippen LogP contribution in [0.1, 0.15) is 34.6 Å². The first kappa shape index (κ1) is 30.0. The Morgan fingerprint density at radius 3 is 2.39 bits per heavy atom. The normalized spacial score (nSPS) is 17.6. The molecule has 4 heteroatoms. The van der Waals surface area contributed by atoms with Crippen LogP contribution in [0.5, 0.6) is 5.75 Å². The Labute approximate surface area is 300 Å². The Kier molecular flexibility index (Phi) is 7.17. The highest BCUT2D eigenvalue weighted by molar-refractivity contribution is 6.44. The topological polar surface area (TPSA) is 25.6 Å². The maximum Gasteiger partial charge on any atom is 0.135 e. The van der Waals surface area contributed by atoms with Crippen LogP contribution in [0.15, 0.2) is 161 Å². The molecule has 6 aromatic carbocycles. The van der Waals surface area contributed by atoms with Crippen molar-refractivity contribution in [2.45, 2.75) is 31.4 Å². The molecule has 0 radical (unpaired) electrons. The molecule has 51 heavy (non-hydrogen) atoms. The van der Waals surface area contributed by atoms with Crippen LogP contribution in [-0.4, -0.2) is 15.6 Å². The van der Waals surface area contributed by atoms with E-state index in [0.717, 1.165) is 57.6 Å². The van der Waals surface area contributed by atoms with E-state index >= 15 is 0 Å². The summed E-state index contributed by atoms with van der Waals surface area (Å²) in [6.07, 6.45) is 11.5. The van der Waals surface area contributed by atoms with Crippen molar-refractivity contribution >= 4 is 60.2 Å². The third-order valence-corrected chi connectivity index (χ3v) is 12.4. The lowest BCUT2D eigenvalue weighted by molar-refractivity contribution is 0.256. The molecule has 2 atom stereocenters. The highest BCUT2D eigenvalue weighted by atomic mass is 28.2.